The second-order valence-electron chi connectivity index (χ2n) is 5.63. The largest absolute Gasteiger partial charge is 0.300 e. The van der Waals surface area contributed by atoms with Crippen molar-refractivity contribution in [3.05, 3.63) is 40.7 Å². The Bertz CT molecular complexity index is 635. The zero-order valence-corrected chi connectivity index (χ0v) is 13.0. The smallest absolute Gasteiger partial charge is 0.230 e. The van der Waals surface area contributed by atoms with Gasteiger partial charge in [0, 0.05) is 5.92 Å². The van der Waals surface area contributed by atoms with Gasteiger partial charge >= 0.3 is 0 Å². The maximum atomic E-state index is 12.8. The first-order chi connectivity index (χ1) is 10.7. The van der Waals surface area contributed by atoms with E-state index in [2.05, 4.69) is 15.5 Å². The molecule has 0 atom stereocenters. The molecule has 2 aromatic rings. The van der Waals surface area contributed by atoms with Gasteiger partial charge in [0.25, 0.3) is 0 Å². The molecule has 1 amide bonds. The first-order valence-electron chi connectivity index (χ1n) is 7.58. The molecule has 1 aromatic carbocycles. The monoisotopic (exact) mass is 319 g/mol. The van der Waals surface area contributed by atoms with E-state index in [0.717, 1.165) is 23.4 Å². The van der Waals surface area contributed by atoms with Crippen molar-refractivity contribution in [3.63, 3.8) is 0 Å². The van der Waals surface area contributed by atoms with E-state index in [-0.39, 0.29) is 18.1 Å². The van der Waals surface area contributed by atoms with E-state index in [1.807, 2.05) is 0 Å². The molecule has 0 unspecified atom stereocenters. The van der Waals surface area contributed by atoms with Crippen molar-refractivity contribution in [1.29, 1.82) is 0 Å². The predicted molar refractivity (Wildman–Crippen MR) is 84.5 cm³/mol. The zero-order chi connectivity index (χ0) is 15.4. The Morgan fingerprint density at radius 1 is 1.18 bits per heavy atom. The minimum absolute atomic E-state index is 0.155. The zero-order valence-electron chi connectivity index (χ0n) is 12.2. The number of anilines is 1. The third-order valence-electron chi connectivity index (χ3n) is 3.92. The summed E-state index contributed by atoms with van der Waals surface area (Å²) in [6.45, 7) is 0. The average Bonchev–Trinajstić information content (AvgIpc) is 2.99. The fourth-order valence-corrected chi connectivity index (χ4v) is 3.68. The summed E-state index contributed by atoms with van der Waals surface area (Å²) < 4.78 is 12.8. The van der Waals surface area contributed by atoms with Crippen LogP contribution in [0, 0.1) is 5.82 Å². The number of hydrogen-bond acceptors (Lipinski definition) is 4. The molecule has 0 bridgehead atoms. The van der Waals surface area contributed by atoms with Gasteiger partial charge in [0.15, 0.2) is 0 Å². The van der Waals surface area contributed by atoms with E-state index in [1.165, 1.54) is 42.7 Å². The highest BCUT2D eigenvalue weighted by Gasteiger charge is 2.20. The topological polar surface area (TPSA) is 54.9 Å². The molecule has 0 aliphatic heterocycles. The second-order valence-corrected chi connectivity index (χ2v) is 6.64. The normalized spacial score (nSPS) is 15.7. The lowest BCUT2D eigenvalue weighted by molar-refractivity contribution is -0.115. The van der Waals surface area contributed by atoms with Gasteiger partial charge in [-0.3, -0.25) is 4.79 Å². The molecule has 1 aliphatic carbocycles. The van der Waals surface area contributed by atoms with Gasteiger partial charge in [0.2, 0.25) is 11.0 Å². The van der Waals surface area contributed by atoms with Crippen LogP contribution in [0.2, 0.25) is 0 Å². The highest BCUT2D eigenvalue weighted by Crippen LogP contribution is 2.35. The second kappa shape index (κ2) is 6.96. The summed E-state index contributed by atoms with van der Waals surface area (Å²) in [5.74, 6) is 0.0392. The van der Waals surface area contributed by atoms with Gasteiger partial charge in [-0.15, -0.1) is 10.2 Å². The van der Waals surface area contributed by atoms with Crippen LogP contribution in [0.3, 0.4) is 0 Å². The lowest BCUT2D eigenvalue weighted by Gasteiger charge is -2.18. The van der Waals surface area contributed by atoms with Crippen molar-refractivity contribution in [2.24, 2.45) is 0 Å². The van der Waals surface area contributed by atoms with E-state index < -0.39 is 0 Å². The number of rotatable bonds is 4. The minimum Gasteiger partial charge on any atom is -0.300 e. The van der Waals surface area contributed by atoms with Crippen LogP contribution in [-0.4, -0.2) is 16.1 Å². The number of aromatic nitrogens is 2. The molecule has 4 nitrogen and oxygen atoms in total. The lowest BCUT2D eigenvalue weighted by Crippen LogP contribution is -2.14. The van der Waals surface area contributed by atoms with Crippen LogP contribution in [0.5, 0.6) is 0 Å². The first kappa shape index (κ1) is 15.1. The molecule has 22 heavy (non-hydrogen) atoms. The Labute approximate surface area is 132 Å². The average molecular weight is 319 g/mol. The summed E-state index contributed by atoms with van der Waals surface area (Å²) in [5.41, 5.74) is 0.774. The fourth-order valence-electron chi connectivity index (χ4n) is 2.75. The van der Waals surface area contributed by atoms with E-state index in [9.17, 15) is 9.18 Å². The molecule has 1 heterocycles. The predicted octanol–water partition coefficient (Wildman–Crippen LogP) is 3.91. The Kier molecular flexibility index (Phi) is 4.77. The summed E-state index contributed by atoms with van der Waals surface area (Å²) in [6, 6.07) is 5.94. The van der Waals surface area contributed by atoms with E-state index in [1.54, 1.807) is 12.1 Å². The van der Waals surface area contributed by atoms with E-state index in [4.69, 9.17) is 0 Å². The molecule has 1 aliphatic rings. The molecule has 3 rings (SSSR count). The van der Waals surface area contributed by atoms with Crippen LogP contribution in [-0.2, 0) is 11.2 Å². The third-order valence-corrected chi connectivity index (χ3v) is 4.92. The van der Waals surface area contributed by atoms with Crippen LogP contribution >= 0.6 is 11.3 Å². The Balaban J connectivity index is 1.57. The SMILES string of the molecule is O=C(Cc1ccc(F)cc1)Nc1nnc(C2CCCCC2)s1. The molecular weight excluding hydrogens is 301 g/mol. The molecular formula is C16H18FN3OS. The molecule has 1 N–H and O–H groups in total. The lowest BCUT2D eigenvalue weighted by atomic mass is 9.90. The number of hydrogen-bond donors (Lipinski definition) is 1. The van der Waals surface area contributed by atoms with Crippen LogP contribution in [0.1, 0.15) is 48.6 Å². The van der Waals surface area contributed by atoms with Gasteiger partial charge in [-0.2, -0.15) is 0 Å². The first-order valence-corrected chi connectivity index (χ1v) is 8.40. The van der Waals surface area contributed by atoms with E-state index in [0.29, 0.717) is 11.0 Å². The molecule has 116 valence electrons. The van der Waals surface area contributed by atoms with Crippen LogP contribution in [0.25, 0.3) is 0 Å². The van der Waals surface area contributed by atoms with Crippen molar-refractivity contribution < 1.29 is 9.18 Å². The minimum atomic E-state index is -0.301. The van der Waals surface area contributed by atoms with Gasteiger partial charge in [0.1, 0.15) is 10.8 Å². The number of benzene rings is 1. The van der Waals surface area contributed by atoms with Crippen LogP contribution in [0.4, 0.5) is 9.52 Å². The summed E-state index contributed by atoms with van der Waals surface area (Å²) in [5, 5.41) is 12.6. The van der Waals surface area contributed by atoms with Crippen molar-refractivity contribution in [1.82, 2.24) is 10.2 Å². The fraction of sp³-hybridized carbons (Fsp3) is 0.438. The standard InChI is InChI=1S/C16H18FN3OS/c17-13-8-6-11(7-9-13)10-14(21)18-16-20-19-15(22-16)12-4-2-1-3-5-12/h6-9,12H,1-5,10H2,(H,18,20,21). The summed E-state index contributed by atoms with van der Waals surface area (Å²) in [6.07, 6.45) is 6.33. The summed E-state index contributed by atoms with van der Waals surface area (Å²) >= 11 is 1.47. The van der Waals surface area contributed by atoms with Crippen molar-refractivity contribution in [2.75, 3.05) is 5.32 Å². The van der Waals surface area contributed by atoms with Gasteiger partial charge in [0.05, 0.1) is 6.42 Å². The number of nitrogens with one attached hydrogen (secondary N) is 1. The molecule has 1 fully saturated rings. The van der Waals surface area contributed by atoms with Gasteiger partial charge in [-0.1, -0.05) is 42.7 Å². The molecule has 0 spiro atoms. The van der Waals surface area contributed by atoms with E-state index >= 15 is 0 Å². The van der Waals surface area contributed by atoms with Gasteiger partial charge < -0.3 is 5.32 Å². The number of nitrogens with zero attached hydrogens (tertiary/aromatic N) is 2. The van der Waals surface area contributed by atoms with Gasteiger partial charge in [-0.05, 0) is 30.5 Å². The molecule has 0 radical (unpaired) electrons. The van der Waals surface area contributed by atoms with Gasteiger partial charge in [-0.25, -0.2) is 4.39 Å². The Morgan fingerprint density at radius 2 is 1.91 bits per heavy atom. The Morgan fingerprint density at radius 3 is 2.64 bits per heavy atom. The van der Waals surface area contributed by atoms with Crippen molar-refractivity contribution in [2.45, 2.75) is 44.4 Å². The molecule has 0 saturated heterocycles. The van der Waals surface area contributed by atoms with Crippen molar-refractivity contribution in [3.8, 4) is 0 Å². The highest BCUT2D eigenvalue weighted by atomic mass is 32.1. The number of carbonyl (C=O) groups excluding carboxylic acids is 1. The molecule has 1 aromatic heterocycles. The summed E-state index contributed by atoms with van der Waals surface area (Å²) in [7, 11) is 0. The quantitative estimate of drug-likeness (QED) is 0.929. The molecule has 6 heteroatoms. The third kappa shape index (κ3) is 3.88. The number of amides is 1. The maximum absolute atomic E-state index is 12.8. The highest BCUT2D eigenvalue weighted by molar-refractivity contribution is 7.15. The van der Waals surface area contributed by atoms with Crippen LogP contribution in [0.15, 0.2) is 24.3 Å². The maximum Gasteiger partial charge on any atom is 0.230 e. The number of carbonyl (C=O) groups is 1. The van der Waals surface area contributed by atoms with Crippen LogP contribution < -0.4 is 5.32 Å². The molecule has 1 saturated carbocycles. The Hall–Kier alpha value is -1.82. The number of halogens is 1. The summed E-state index contributed by atoms with van der Waals surface area (Å²) in [4.78, 5) is 12.0. The van der Waals surface area contributed by atoms with Crippen molar-refractivity contribution >= 4 is 22.4 Å².